The van der Waals surface area contributed by atoms with Crippen LogP contribution in [0.3, 0.4) is 0 Å². The Morgan fingerprint density at radius 1 is 1.04 bits per heavy atom. The molecule has 1 fully saturated rings. The number of aryl methyl sites for hydroxylation is 3. The fourth-order valence-corrected chi connectivity index (χ4v) is 3.93. The summed E-state index contributed by atoms with van der Waals surface area (Å²) >= 11 is 0. The van der Waals surface area contributed by atoms with Crippen LogP contribution in [0.15, 0.2) is 12.1 Å². The van der Waals surface area contributed by atoms with Gasteiger partial charge in [0, 0.05) is 61.4 Å². The molecule has 0 aliphatic carbocycles. The van der Waals surface area contributed by atoms with Crippen molar-refractivity contribution in [2.45, 2.75) is 47.6 Å². The summed E-state index contributed by atoms with van der Waals surface area (Å²) in [4.78, 5) is 26.3. The molecule has 0 unspecified atom stereocenters. The van der Waals surface area contributed by atoms with Gasteiger partial charge in [0.1, 0.15) is 11.6 Å². The Morgan fingerprint density at radius 3 is 2.37 bits per heavy atom. The fraction of sp³-hybridized carbons (Fsp3) is 0.571. The van der Waals surface area contributed by atoms with Crippen molar-refractivity contribution < 1.29 is 4.79 Å². The van der Waals surface area contributed by atoms with E-state index in [1.165, 1.54) is 5.69 Å². The lowest BCUT2D eigenvalue weighted by Crippen LogP contribution is -2.48. The third kappa shape index (κ3) is 4.38. The summed E-state index contributed by atoms with van der Waals surface area (Å²) in [5.74, 6) is 2.03. The molecular formula is C21H31N5O. The van der Waals surface area contributed by atoms with Gasteiger partial charge < -0.3 is 9.47 Å². The number of Topliss-reactive ketones (excluding diaryl/α,β-unsaturated/α-hetero) is 1. The van der Waals surface area contributed by atoms with E-state index in [0.29, 0.717) is 6.54 Å². The summed E-state index contributed by atoms with van der Waals surface area (Å²) in [6.45, 7) is 15.2. The van der Waals surface area contributed by atoms with Crippen molar-refractivity contribution in [1.82, 2.24) is 19.4 Å². The minimum atomic E-state index is 0.229. The van der Waals surface area contributed by atoms with Gasteiger partial charge in [-0.3, -0.25) is 9.69 Å². The highest BCUT2D eigenvalue weighted by molar-refractivity contribution is 5.99. The SMILES string of the molecule is CCCn1c(C)cc(C(=O)CN2CCN(c3cc(C)nc(C)n3)CC2)c1C. The first kappa shape index (κ1) is 19.5. The smallest absolute Gasteiger partial charge is 0.178 e. The van der Waals surface area contributed by atoms with E-state index in [1.54, 1.807) is 0 Å². The van der Waals surface area contributed by atoms with Crippen LogP contribution in [0.2, 0.25) is 0 Å². The van der Waals surface area contributed by atoms with E-state index in [9.17, 15) is 4.79 Å². The Labute approximate surface area is 162 Å². The predicted octanol–water partition coefficient (Wildman–Crippen LogP) is 2.93. The Kier molecular flexibility index (Phi) is 5.95. The standard InChI is InChI=1S/C21H31N5O/c1-6-7-26-16(3)13-19(17(26)4)20(27)14-24-8-10-25(11-9-24)21-12-15(2)22-18(5)23-21/h12-13H,6-11,14H2,1-5H3. The van der Waals surface area contributed by atoms with Crippen LogP contribution in [0, 0.1) is 27.7 Å². The molecule has 0 radical (unpaired) electrons. The van der Waals surface area contributed by atoms with Gasteiger partial charge in [-0.1, -0.05) is 6.92 Å². The zero-order chi connectivity index (χ0) is 19.6. The number of ketones is 1. The number of anilines is 1. The van der Waals surface area contributed by atoms with E-state index < -0.39 is 0 Å². The lowest BCUT2D eigenvalue weighted by molar-refractivity contribution is 0.0925. The lowest BCUT2D eigenvalue weighted by Gasteiger charge is -2.35. The molecule has 2 aromatic rings. The maximum absolute atomic E-state index is 12.9. The van der Waals surface area contributed by atoms with Gasteiger partial charge >= 0.3 is 0 Å². The van der Waals surface area contributed by atoms with Crippen molar-refractivity contribution in [2.75, 3.05) is 37.6 Å². The van der Waals surface area contributed by atoms with Gasteiger partial charge in [-0.15, -0.1) is 0 Å². The summed E-state index contributed by atoms with van der Waals surface area (Å²) in [6, 6.07) is 4.09. The number of carbonyl (C=O) groups excluding carboxylic acids is 1. The Morgan fingerprint density at radius 2 is 1.74 bits per heavy atom. The van der Waals surface area contributed by atoms with Crippen LogP contribution in [0.5, 0.6) is 0 Å². The molecular weight excluding hydrogens is 338 g/mol. The fourth-order valence-electron chi connectivity index (χ4n) is 3.93. The number of hydrogen-bond donors (Lipinski definition) is 0. The second-order valence-corrected chi connectivity index (χ2v) is 7.54. The first-order chi connectivity index (χ1) is 12.9. The molecule has 3 heterocycles. The highest BCUT2D eigenvalue weighted by Gasteiger charge is 2.23. The molecule has 0 atom stereocenters. The zero-order valence-electron chi connectivity index (χ0n) is 17.2. The molecule has 6 nitrogen and oxygen atoms in total. The largest absolute Gasteiger partial charge is 0.354 e. The minimum Gasteiger partial charge on any atom is -0.354 e. The molecule has 0 bridgehead atoms. The van der Waals surface area contributed by atoms with E-state index >= 15 is 0 Å². The lowest BCUT2D eigenvalue weighted by atomic mass is 10.1. The van der Waals surface area contributed by atoms with Crippen LogP contribution in [-0.4, -0.2) is 57.9 Å². The maximum Gasteiger partial charge on any atom is 0.178 e. The second kappa shape index (κ2) is 8.21. The molecule has 0 N–H and O–H groups in total. The topological polar surface area (TPSA) is 54.3 Å². The van der Waals surface area contributed by atoms with Gasteiger partial charge in [0.05, 0.1) is 6.54 Å². The number of carbonyl (C=O) groups is 1. The second-order valence-electron chi connectivity index (χ2n) is 7.54. The van der Waals surface area contributed by atoms with Crippen molar-refractivity contribution in [3.8, 4) is 0 Å². The average molecular weight is 370 g/mol. The highest BCUT2D eigenvalue weighted by Crippen LogP contribution is 2.18. The molecule has 0 spiro atoms. The number of hydrogen-bond acceptors (Lipinski definition) is 5. The summed E-state index contributed by atoms with van der Waals surface area (Å²) in [6.07, 6.45) is 1.08. The van der Waals surface area contributed by atoms with Crippen LogP contribution in [0.25, 0.3) is 0 Å². The van der Waals surface area contributed by atoms with Gasteiger partial charge in [0.25, 0.3) is 0 Å². The maximum atomic E-state index is 12.9. The van der Waals surface area contributed by atoms with Crippen LogP contribution in [-0.2, 0) is 6.54 Å². The van der Waals surface area contributed by atoms with Crippen LogP contribution in [0.1, 0.15) is 46.6 Å². The predicted molar refractivity (Wildman–Crippen MR) is 109 cm³/mol. The Bertz CT molecular complexity index is 798. The molecule has 6 heteroatoms. The van der Waals surface area contributed by atoms with E-state index in [4.69, 9.17) is 0 Å². The van der Waals surface area contributed by atoms with Crippen molar-refractivity contribution in [3.63, 3.8) is 0 Å². The quantitative estimate of drug-likeness (QED) is 0.733. The van der Waals surface area contributed by atoms with Crippen LogP contribution >= 0.6 is 0 Å². The van der Waals surface area contributed by atoms with Gasteiger partial charge in [-0.2, -0.15) is 0 Å². The van der Waals surface area contributed by atoms with E-state index in [0.717, 1.165) is 67.7 Å². The van der Waals surface area contributed by atoms with Crippen molar-refractivity contribution in [3.05, 3.63) is 40.6 Å². The van der Waals surface area contributed by atoms with Crippen LogP contribution in [0.4, 0.5) is 5.82 Å². The van der Waals surface area contributed by atoms with Crippen molar-refractivity contribution in [1.29, 1.82) is 0 Å². The minimum absolute atomic E-state index is 0.229. The van der Waals surface area contributed by atoms with Crippen LogP contribution < -0.4 is 4.90 Å². The Balaban J connectivity index is 1.61. The molecule has 0 saturated carbocycles. The zero-order valence-corrected chi connectivity index (χ0v) is 17.2. The molecule has 1 saturated heterocycles. The van der Waals surface area contributed by atoms with Crippen molar-refractivity contribution >= 4 is 11.6 Å². The highest BCUT2D eigenvalue weighted by atomic mass is 16.1. The van der Waals surface area contributed by atoms with Gasteiger partial charge in [-0.05, 0) is 40.2 Å². The summed E-state index contributed by atoms with van der Waals surface area (Å²) in [7, 11) is 0. The third-order valence-electron chi connectivity index (χ3n) is 5.34. The molecule has 146 valence electrons. The van der Waals surface area contributed by atoms with E-state index in [1.807, 2.05) is 19.9 Å². The molecule has 2 aromatic heterocycles. The number of piperazine rings is 1. The van der Waals surface area contributed by atoms with Gasteiger partial charge in [0.2, 0.25) is 0 Å². The number of aromatic nitrogens is 3. The van der Waals surface area contributed by atoms with Crippen molar-refractivity contribution in [2.24, 2.45) is 0 Å². The normalized spacial score (nSPS) is 15.4. The first-order valence-corrected chi connectivity index (χ1v) is 9.88. The Hall–Kier alpha value is -2.21. The van der Waals surface area contributed by atoms with E-state index in [2.05, 4.69) is 51.2 Å². The van der Waals surface area contributed by atoms with E-state index in [-0.39, 0.29) is 5.78 Å². The molecule has 0 aromatic carbocycles. The molecule has 1 aliphatic heterocycles. The molecule has 3 rings (SSSR count). The monoisotopic (exact) mass is 369 g/mol. The van der Waals surface area contributed by atoms with Gasteiger partial charge in [0.15, 0.2) is 5.78 Å². The summed E-state index contributed by atoms with van der Waals surface area (Å²) < 4.78 is 2.25. The molecule has 27 heavy (non-hydrogen) atoms. The molecule has 0 amide bonds. The third-order valence-corrected chi connectivity index (χ3v) is 5.34. The summed E-state index contributed by atoms with van der Waals surface area (Å²) in [5.41, 5.74) is 4.16. The first-order valence-electron chi connectivity index (χ1n) is 9.88. The summed E-state index contributed by atoms with van der Waals surface area (Å²) in [5, 5.41) is 0. The van der Waals surface area contributed by atoms with Gasteiger partial charge in [-0.25, -0.2) is 9.97 Å². The number of nitrogens with zero attached hydrogens (tertiary/aromatic N) is 5. The molecule has 1 aliphatic rings. The number of rotatable bonds is 6. The average Bonchev–Trinajstić information content (AvgIpc) is 2.90.